The highest BCUT2D eigenvalue weighted by Gasteiger charge is 2.42. The van der Waals surface area contributed by atoms with Gasteiger partial charge in [-0.05, 0) is 48.2 Å². The second-order valence-corrected chi connectivity index (χ2v) is 10.6. The second kappa shape index (κ2) is 12.5. The van der Waals surface area contributed by atoms with E-state index in [4.69, 9.17) is 24.7 Å². The molecule has 2 amide bonds. The Morgan fingerprint density at radius 3 is 2.58 bits per heavy atom. The molecule has 0 unspecified atom stereocenters. The number of nitrogens with one attached hydrogen (secondary N) is 1. The molecule has 0 radical (unpaired) electrons. The quantitative estimate of drug-likeness (QED) is 0.317. The summed E-state index contributed by atoms with van der Waals surface area (Å²) in [6.45, 7) is 3.87. The van der Waals surface area contributed by atoms with Crippen LogP contribution in [0, 0.1) is 17.8 Å². The van der Waals surface area contributed by atoms with Crippen LogP contribution in [0.25, 0.3) is 0 Å². The number of aromatic nitrogens is 1. The summed E-state index contributed by atoms with van der Waals surface area (Å²) in [6, 6.07) is 15.7. The monoisotopic (exact) mass is 584 g/mol. The molecular formula is C32H32N4O7. The number of benzene rings is 2. The highest BCUT2D eigenvalue weighted by atomic mass is 16.6. The number of fused-ring (bicyclic) bond motifs is 1. The number of esters is 1. The Morgan fingerprint density at radius 1 is 1.12 bits per heavy atom. The summed E-state index contributed by atoms with van der Waals surface area (Å²) < 4.78 is 22.6. The van der Waals surface area contributed by atoms with Crippen molar-refractivity contribution in [2.75, 3.05) is 31.8 Å². The Morgan fingerprint density at radius 2 is 1.88 bits per heavy atom. The number of likely N-dealkylation sites (N-methyl/N-ethyl adjacent to an activating group) is 1. The van der Waals surface area contributed by atoms with E-state index in [1.807, 2.05) is 32.0 Å². The summed E-state index contributed by atoms with van der Waals surface area (Å²) in [6.07, 6.45) is 1.46. The van der Waals surface area contributed by atoms with Gasteiger partial charge in [0.05, 0.1) is 5.69 Å². The predicted molar refractivity (Wildman–Crippen MR) is 157 cm³/mol. The average Bonchev–Trinajstić information content (AvgIpc) is 3.10. The fraction of sp³-hybridized carbons (Fsp3) is 0.312. The molecule has 11 nitrogen and oxygen atoms in total. The van der Waals surface area contributed by atoms with Gasteiger partial charge in [0.15, 0.2) is 0 Å². The standard InChI is InChI=1S/C32H32N4O7/c1-20(2)28(33)31(39)43-32(18-40-19-32)13-11-21-9-10-27-26(15-21)36(3)30(38)25(17-41-27)35-29(37)24-16-23(12-14-34-24)42-22-7-5-4-6-8-22/h4-10,12,14-16,20,25,28H,17-19,33H2,1-3H3,(H,35,37)/t25-,28+/m1/s1. The lowest BCUT2D eigenvalue weighted by Gasteiger charge is -2.37. The van der Waals surface area contributed by atoms with Crippen molar-refractivity contribution in [1.82, 2.24) is 10.3 Å². The van der Waals surface area contributed by atoms with Crippen LogP contribution in [0.4, 0.5) is 5.69 Å². The zero-order valence-corrected chi connectivity index (χ0v) is 24.0. The summed E-state index contributed by atoms with van der Waals surface area (Å²) >= 11 is 0. The van der Waals surface area contributed by atoms with Crippen LogP contribution >= 0.6 is 0 Å². The number of carbonyl (C=O) groups excluding carboxylic acids is 3. The number of pyridine rings is 1. The molecule has 2 atom stereocenters. The molecule has 2 aliphatic heterocycles. The van der Waals surface area contributed by atoms with Crippen molar-refractivity contribution in [3.8, 4) is 29.1 Å². The van der Waals surface area contributed by atoms with Crippen LogP contribution in [0.2, 0.25) is 0 Å². The Bertz CT molecular complexity index is 1580. The lowest BCUT2D eigenvalue weighted by Crippen LogP contribution is -2.54. The second-order valence-electron chi connectivity index (χ2n) is 10.6. The number of nitrogens with two attached hydrogens (primary N) is 1. The number of hydrogen-bond donors (Lipinski definition) is 2. The van der Waals surface area contributed by atoms with E-state index in [9.17, 15) is 14.4 Å². The number of nitrogens with zero attached hydrogens (tertiary/aromatic N) is 2. The molecule has 1 aromatic heterocycles. The maximum absolute atomic E-state index is 13.4. The van der Waals surface area contributed by atoms with Crippen LogP contribution in [0.3, 0.4) is 0 Å². The summed E-state index contributed by atoms with van der Waals surface area (Å²) in [5, 5.41) is 2.72. The maximum atomic E-state index is 13.4. The minimum absolute atomic E-state index is 0.0835. The zero-order chi connectivity index (χ0) is 30.6. The molecule has 3 heterocycles. The molecule has 11 heteroatoms. The number of anilines is 1. The van der Waals surface area contributed by atoms with E-state index in [2.05, 4.69) is 22.1 Å². The van der Waals surface area contributed by atoms with Gasteiger partial charge in [-0.15, -0.1) is 0 Å². The molecule has 222 valence electrons. The molecule has 43 heavy (non-hydrogen) atoms. The molecule has 0 spiro atoms. The summed E-state index contributed by atoms with van der Waals surface area (Å²) in [4.78, 5) is 44.4. The van der Waals surface area contributed by atoms with Crippen LogP contribution in [-0.4, -0.2) is 67.3 Å². The molecule has 3 aromatic rings. The third kappa shape index (κ3) is 6.77. The van der Waals surface area contributed by atoms with E-state index < -0.39 is 29.6 Å². The molecule has 1 saturated heterocycles. The molecular weight excluding hydrogens is 552 g/mol. The van der Waals surface area contributed by atoms with Crippen LogP contribution in [-0.2, 0) is 19.1 Å². The number of rotatable bonds is 7. The largest absolute Gasteiger partial charge is 0.489 e. The van der Waals surface area contributed by atoms with Crippen LogP contribution in [0.15, 0.2) is 66.9 Å². The van der Waals surface area contributed by atoms with E-state index in [0.717, 1.165) is 0 Å². The predicted octanol–water partition coefficient (Wildman–Crippen LogP) is 2.67. The minimum atomic E-state index is -1.08. The van der Waals surface area contributed by atoms with E-state index in [1.165, 1.54) is 17.2 Å². The molecule has 0 bridgehead atoms. The van der Waals surface area contributed by atoms with Crippen LogP contribution in [0.1, 0.15) is 29.9 Å². The van der Waals surface area contributed by atoms with E-state index >= 15 is 0 Å². The molecule has 0 saturated carbocycles. The van der Waals surface area contributed by atoms with Crippen molar-refractivity contribution in [1.29, 1.82) is 0 Å². The van der Waals surface area contributed by atoms with E-state index in [-0.39, 0.29) is 37.3 Å². The summed E-state index contributed by atoms with van der Waals surface area (Å²) in [7, 11) is 1.59. The van der Waals surface area contributed by atoms with Gasteiger partial charge in [-0.3, -0.25) is 19.4 Å². The van der Waals surface area contributed by atoms with Crippen LogP contribution < -0.4 is 25.4 Å². The number of para-hydroxylation sites is 1. The van der Waals surface area contributed by atoms with Crippen molar-refractivity contribution >= 4 is 23.5 Å². The Hall–Kier alpha value is -4.92. The number of carbonyl (C=O) groups is 3. The van der Waals surface area contributed by atoms with Gasteiger partial charge in [0.25, 0.3) is 11.8 Å². The van der Waals surface area contributed by atoms with E-state index in [0.29, 0.717) is 28.5 Å². The fourth-order valence-electron chi connectivity index (χ4n) is 4.30. The van der Waals surface area contributed by atoms with Crippen LogP contribution in [0.5, 0.6) is 17.2 Å². The SMILES string of the molecule is CC(C)[C@H](N)C(=O)OC1(C#Cc2ccc3c(c2)N(C)C(=O)[C@H](NC(=O)c2cc(Oc4ccccc4)ccn2)CO3)COC1. The van der Waals surface area contributed by atoms with Crippen molar-refractivity contribution < 1.29 is 33.3 Å². The fourth-order valence-corrected chi connectivity index (χ4v) is 4.30. The van der Waals surface area contributed by atoms with Gasteiger partial charge in [0.2, 0.25) is 5.60 Å². The lowest BCUT2D eigenvalue weighted by molar-refractivity contribution is -0.194. The van der Waals surface area contributed by atoms with Crippen molar-refractivity contribution in [3.63, 3.8) is 0 Å². The lowest BCUT2D eigenvalue weighted by atomic mass is 10.0. The highest BCUT2D eigenvalue weighted by molar-refractivity contribution is 6.03. The zero-order valence-electron chi connectivity index (χ0n) is 24.0. The van der Waals surface area contributed by atoms with Gasteiger partial charge in [0.1, 0.15) is 54.8 Å². The Balaban J connectivity index is 1.27. The van der Waals surface area contributed by atoms with Gasteiger partial charge in [0, 0.05) is 24.9 Å². The van der Waals surface area contributed by atoms with Crippen molar-refractivity contribution in [2.24, 2.45) is 11.7 Å². The van der Waals surface area contributed by atoms with E-state index in [1.54, 1.807) is 43.4 Å². The maximum Gasteiger partial charge on any atom is 0.324 e. The average molecular weight is 585 g/mol. The Labute approximate surface area is 249 Å². The van der Waals surface area contributed by atoms with Gasteiger partial charge < -0.3 is 34.9 Å². The smallest absolute Gasteiger partial charge is 0.324 e. The third-order valence-corrected chi connectivity index (χ3v) is 6.99. The first-order valence-electron chi connectivity index (χ1n) is 13.8. The topological polar surface area (TPSA) is 142 Å². The molecule has 0 aliphatic carbocycles. The number of amides is 2. The molecule has 1 fully saturated rings. The Kier molecular flexibility index (Phi) is 8.61. The summed E-state index contributed by atoms with van der Waals surface area (Å²) in [5.74, 6) is 5.97. The van der Waals surface area contributed by atoms with Gasteiger partial charge in [-0.1, -0.05) is 38.0 Å². The highest BCUT2D eigenvalue weighted by Crippen LogP contribution is 2.32. The number of ether oxygens (including phenoxy) is 4. The van der Waals surface area contributed by atoms with Gasteiger partial charge in [-0.2, -0.15) is 0 Å². The summed E-state index contributed by atoms with van der Waals surface area (Å²) in [5.41, 5.74) is 5.98. The number of hydrogen-bond acceptors (Lipinski definition) is 9. The molecule has 3 N–H and O–H groups in total. The molecule has 5 rings (SSSR count). The molecule has 2 aliphatic rings. The first kappa shape index (κ1) is 29.6. The normalized spacial score (nSPS) is 17.7. The van der Waals surface area contributed by atoms with Crippen molar-refractivity contribution in [3.05, 3.63) is 78.1 Å². The van der Waals surface area contributed by atoms with Gasteiger partial charge in [-0.25, -0.2) is 0 Å². The minimum Gasteiger partial charge on any atom is -0.489 e. The first-order valence-corrected chi connectivity index (χ1v) is 13.8. The third-order valence-electron chi connectivity index (χ3n) is 6.99. The van der Waals surface area contributed by atoms with Gasteiger partial charge >= 0.3 is 5.97 Å². The molecule has 2 aromatic carbocycles. The van der Waals surface area contributed by atoms with Crippen molar-refractivity contribution in [2.45, 2.75) is 31.5 Å². The first-order chi connectivity index (χ1) is 20.6.